The highest BCUT2D eigenvalue weighted by Crippen LogP contribution is 2.17. The van der Waals surface area contributed by atoms with Crippen molar-refractivity contribution in [1.82, 2.24) is 15.5 Å². The summed E-state index contributed by atoms with van der Waals surface area (Å²) in [7, 11) is 3.51. The third-order valence-corrected chi connectivity index (χ3v) is 5.07. The van der Waals surface area contributed by atoms with Gasteiger partial charge < -0.3 is 20.3 Å². The molecule has 6 nitrogen and oxygen atoms in total. The molecule has 0 aromatic heterocycles. The number of carbonyl (C=O) groups is 1. The molecule has 0 saturated heterocycles. The van der Waals surface area contributed by atoms with Gasteiger partial charge in [-0.25, -0.2) is 4.99 Å². The standard InChI is InChI=1S/C22H36N4O2.HI/c1-18(19-11-6-4-7-12-19)28-16-10-15-23-22(24-17-21(27)26(2)3)25-20-13-8-5-9-14-20;/h4,6-7,11-12,18,20H,5,8-10,13-17H2,1-3H3,(H2,23,24,25);1H. The first-order valence-corrected chi connectivity index (χ1v) is 10.5. The van der Waals surface area contributed by atoms with Crippen LogP contribution in [0.3, 0.4) is 0 Å². The van der Waals surface area contributed by atoms with Crippen molar-refractivity contribution in [3.63, 3.8) is 0 Å². The third kappa shape index (κ3) is 10.3. The van der Waals surface area contributed by atoms with E-state index in [1.54, 1.807) is 19.0 Å². The van der Waals surface area contributed by atoms with Gasteiger partial charge in [0, 0.05) is 33.3 Å². The zero-order chi connectivity index (χ0) is 20.2. The van der Waals surface area contributed by atoms with Crippen LogP contribution in [0.4, 0.5) is 0 Å². The Morgan fingerprint density at radius 2 is 1.90 bits per heavy atom. The van der Waals surface area contributed by atoms with Crippen LogP contribution in [0.15, 0.2) is 35.3 Å². The summed E-state index contributed by atoms with van der Waals surface area (Å²) in [5, 5.41) is 6.87. The van der Waals surface area contributed by atoms with Crippen molar-refractivity contribution >= 4 is 35.8 Å². The van der Waals surface area contributed by atoms with E-state index in [9.17, 15) is 4.79 Å². The molecule has 1 aromatic rings. The van der Waals surface area contributed by atoms with Gasteiger partial charge in [0.1, 0.15) is 6.54 Å². The van der Waals surface area contributed by atoms with Crippen LogP contribution in [0.2, 0.25) is 0 Å². The highest BCUT2D eigenvalue weighted by atomic mass is 127. The molecule has 1 saturated carbocycles. The fraction of sp³-hybridized carbons (Fsp3) is 0.636. The normalized spacial score (nSPS) is 15.9. The fourth-order valence-electron chi connectivity index (χ4n) is 3.24. The van der Waals surface area contributed by atoms with Crippen LogP contribution in [0, 0.1) is 0 Å². The summed E-state index contributed by atoms with van der Waals surface area (Å²) in [6.45, 7) is 3.68. The molecule has 1 aromatic carbocycles. The largest absolute Gasteiger partial charge is 0.374 e. The van der Waals surface area contributed by atoms with Gasteiger partial charge in [0.2, 0.25) is 5.91 Å². The number of aliphatic imine (C=N–C) groups is 1. The van der Waals surface area contributed by atoms with Gasteiger partial charge in [-0.05, 0) is 31.7 Å². The second-order valence-corrected chi connectivity index (χ2v) is 7.64. The number of amides is 1. The molecule has 0 radical (unpaired) electrons. The third-order valence-electron chi connectivity index (χ3n) is 5.07. The van der Waals surface area contributed by atoms with Crippen molar-refractivity contribution < 1.29 is 9.53 Å². The number of nitrogens with one attached hydrogen (secondary N) is 2. The maximum Gasteiger partial charge on any atom is 0.243 e. The quantitative estimate of drug-likeness (QED) is 0.227. The Bertz CT molecular complexity index is 604. The molecule has 0 spiro atoms. The first kappa shape index (κ1) is 25.7. The number of hydrogen-bond donors (Lipinski definition) is 2. The smallest absolute Gasteiger partial charge is 0.243 e. The molecule has 0 heterocycles. The van der Waals surface area contributed by atoms with Crippen LogP contribution in [-0.4, -0.2) is 56.6 Å². The molecule has 29 heavy (non-hydrogen) atoms. The summed E-state index contributed by atoms with van der Waals surface area (Å²) in [4.78, 5) is 17.9. The minimum Gasteiger partial charge on any atom is -0.374 e. The van der Waals surface area contributed by atoms with E-state index >= 15 is 0 Å². The molecule has 2 rings (SSSR count). The summed E-state index contributed by atoms with van der Waals surface area (Å²) in [6, 6.07) is 10.7. The SMILES string of the molecule is CC(OCCCNC(=NCC(=O)N(C)C)NC1CCCCC1)c1ccccc1.I. The summed E-state index contributed by atoms with van der Waals surface area (Å²) >= 11 is 0. The predicted molar refractivity (Wildman–Crippen MR) is 130 cm³/mol. The Morgan fingerprint density at radius 1 is 1.21 bits per heavy atom. The topological polar surface area (TPSA) is 66.0 Å². The highest BCUT2D eigenvalue weighted by molar-refractivity contribution is 14.0. The van der Waals surface area contributed by atoms with Crippen molar-refractivity contribution in [3.8, 4) is 0 Å². The molecule has 1 atom stereocenters. The number of halogens is 1. The maximum atomic E-state index is 11.9. The number of nitrogens with zero attached hydrogens (tertiary/aromatic N) is 2. The average Bonchev–Trinajstić information content (AvgIpc) is 2.72. The van der Waals surface area contributed by atoms with E-state index in [2.05, 4.69) is 34.7 Å². The molecule has 1 unspecified atom stereocenters. The summed E-state index contributed by atoms with van der Waals surface area (Å²) < 4.78 is 5.93. The van der Waals surface area contributed by atoms with Crippen LogP contribution in [0.25, 0.3) is 0 Å². The van der Waals surface area contributed by atoms with Crippen LogP contribution >= 0.6 is 24.0 Å². The van der Waals surface area contributed by atoms with E-state index < -0.39 is 0 Å². The van der Waals surface area contributed by atoms with Crippen LogP contribution in [0.5, 0.6) is 0 Å². The number of benzene rings is 1. The van der Waals surface area contributed by atoms with Crippen LogP contribution in [-0.2, 0) is 9.53 Å². The summed E-state index contributed by atoms with van der Waals surface area (Å²) in [5.41, 5.74) is 1.19. The fourth-order valence-corrected chi connectivity index (χ4v) is 3.24. The molecule has 0 bridgehead atoms. The number of likely N-dealkylation sites (N-methyl/N-ethyl adjacent to an activating group) is 1. The maximum absolute atomic E-state index is 11.9. The molecule has 1 aliphatic carbocycles. The van der Waals surface area contributed by atoms with Gasteiger partial charge in [0.25, 0.3) is 0 Å². The molecular weight excluding hydrogens is 479 g/mol. The van der Waals surface area contributed by atoms with Crippen molar-refractivity contribution in [2.45, 2.75) is 57.6 Å². The Labute approximate surface area is 192 Å². The van der Waals surface area contributed by atoms with Crippen LogP contribution < -0.4 is 10.6 Å². The highest BCUT2D eigenvalue weighted by Gasteiger charge is 2.15. The second kappa shape index (κ2) is 14.6. The van der Waals surface area contributed by atoms with Gasteiger partial charge in [-0.1, -0.05) is 49.6 Å². The van der Waals surface area contributed by atoms with Crippen LogP contribution in [0.1, 0.15) is 57.1 Å². The van der Waals surface area contributed by atoms with E-state index in [1.807, 2.05) is 18.2 Å². The lowest BCUT2D eigenvalue weighted by molar-refractivity contribution is -0.127. The molecule has 7 heteroatoms. The first-order chi connectivity index (χ1) is 13.6. The lowest BCUT2D eigenvalue weighted by Crippen LogP contribution is -2.45. The first-order valence-electron chi connectivity index (χ1n) is 10.5. The minimum atomic E-state index is 0. The molecule has 1 aliphatic rings. The zero-order valence-electron chi connectivity index (χ0n) is 18.0. The number of ether oxygens (including phenoxy) is 1. The van der Waals surface area contributed by atoms with Crippen molar-refractivity contribution in [1.29, 1.82) is 0 Å². The monoisotopic (exact) mass is 516 g/mol. The van der Waals surface area contributed by atoms with E-state index in [0.29, 0.717) is 12.6 Å². The number of hydrogen-bond acceptors (Lipinski definition) is 3. The van der Waals surface area contributed by atoms with Gasteiger partial charge >= 0.3 is 0 Å². The number of rotatable bonds is 9. The van der Waals surface area contributed by atoms with E-state index in [-0.39, 0.29) is 42.5 Å². The second-order valence-electron chi connectivity index (χ2n) is 7.64. The van der Waals surface area contributed by atoms with E-state index in [4.69, 9.17) is 4.74 Å². The Morgan fingerprint density at radius 3 is 2.55 bits per heavy atom. The average molecular weight is 516 g/mol. The lowest BCUT2D eigenvalue weighted by Gasteiger charge is -2.25. The minimum absolute atomic E-state index is 0. The van der Waals surface area contributed by atoms with Gasteiger partial charge in [-0.15, -0.1) is 24.0 Å². The predicted octanol–water partition coefficient (Wildman–Crippen LogP) is 3.73. The summed E-state index contributed by atoms with van der Waals surface area (Å²) in [6.07, 6.45) is 7.13. The molecular formula is C22H37IN4O2. The van der Waals surface area contributed by atoms with Gasteiger partial charge in [-0.2, -0.15) is 0 Å². The molecule has 1 fully saturated rings. The van der Waals surface area contributed by atoms with Crippen molar-refractivity contribution in [3.05, 3.63) is 35.9 Å². The van der Waals surface area contributed by atoms with Crippen molar-refractivity contribution in [2.24, 2.45) is 4.99 Å². The Hall–Kier alpha value is -1.35. The molecule has 0 aliphatic heterocycles. The molecule has 164 valence electrons. The summed E-state index contributed by atoms with van der Waals surface area (Å²) in [5.74, 6) is 0.739. The van der Waals surface area contributed by atoms with Gasteiger partial charge in [0.05, 0.1) is 6.10 Å². The number of guanidine groups is 1. The van der Waals surface area contributed by atoms with E-state index in [1.165, 1.54) is 37.7 Å². The lowest BCUT2D eigenvalue weighted by atomic mass is 9.96. The Balaban J connectivity index is 0.00000420. The van der Waals surface area contributed by atoms with Gasteiger partial charge in [-0.3, -0.25) is 4.79 Å². The number of carbonyl (C=O) groups excluding carboxylic acids is 1. The van der Waals surface area contributed by atoms with Gasteiger partial charge in [0.15, 0.2) is 5.96 Å². The Kier molecular flexibility index (Phi) is 12.9. The van der Waals surface area contributed by atoms with E-state index in [0.717, 1.165) is 18.9 Å². The molecule has 1 amide bonds. The van der Waals surface area contributed by atoms with Crippen molar-refractivity contribution in [2.75, 3.05) is 33.8 Å². The molecule has 2 N–H and O–H groups in total. The zero-order valence-corrected chi connectivity index (χ0v) is 20.4.